The lowest BCUT2D eigenvalue weighted by Gasteiger charge is -2.28. The second kappa shape index (κ2) is 35.9. The Bertz CT molecular complexity index is 870. The lowest BCUT2D eigenvalue weighted by atomic mass is 9.89. The minimum absolute atomic E-state index is 0.724. The fourth-order valence-corrected chi connectivity index (χ4v) is 5.00. The highest BCUT2D eigenvalue weighted by molar-refractivity contribution is 5.56. The van der Waals surface area contributed by atoms with Crippen LogP contribution in [0.1, 0.15) is 102 Å². The summed E-state index contributed by atoms with van der Waals surface area (Å²) in [6.45, 7) is 33.6. The molecule has 2 aliphatic rings. The van der Waals surface area contributed by atoms with Crippen molar-refractivity contribution < 1.29 is 4.48 Å². The van der Waals surface area contributed by atoms with Gasteiger partial charge < -0.3 is 10.6 Å². The Kier molecular flexibility index (Phi) is 38.9. The molecule has 44 heavy (non-hydrogen) atoms. The van der Waals surface area contributed by atoms with Gasteiger partial charge in [0, 0.05) is 36.9 Å². The second-order valence-electron chi connectivity index (χ2n) is 10.2. The van der Waals surface area contributed by atoms with E-state index in [1.54, 1.807) is 11.3 Å². The molecule has 0 spiro atoms. The number of aryl methyl sites for hydroxylation is 2. The number of rotatable bonds is 9. The number of aromatic nitrogens is 1. The summed E-state index contributed by atoms with van der Waals surface area (Å²) in [6, 6.07) is 2.73. The molecule has 1 aromatic rings. The Labute approximate surface area is 271 Å². The fourth-order valence-electron chi connectivity index (χ4n) is 5.00. The minimum atomic E-state index is 0.724. The maximum absolute atomic E-state index is 9.81. The fraction of sp³-hybridized carbons (Fsp3) is 0.514. The van der Waals surface area contributed by atoms with E-state index in [0.29, 0.717) is 0 Å². The summed E-state index contributed by atoms with van der Waals surface area (Å²) in [6.07, 6.45) is 25.8. The number of hydrogen-bond acceptors (Lipinski definition) is 6. The second-order valence-corrected chi connectivity index (χ2v) is 10.2. The van der Waals surface area contributed by atoms with Crippen molar-refractivity contribution in [3.8, 4) is 0 Å². The van der Waals surface area contributed by atoms with E-state index >= 15 is 0 Å². The van der Waals surface area contributed by atoms with E-state index in [1.807, 2.05) is 45.2 Å². The molecule has 2 heterocycles. The quantitative estimate of drug-likeness (QED) is 0.0844. The highest BCUT2D eigenvalue weighted by Crippen LogP contribution is 2.28. The molecule has 1 aliphatic carbocycles. The maximum Gasteiger partial charge on any atom is 0.0447 e. The van der Waals surface area contributed by atoms with Gasteiger partial charge in [-0.15, -0.1) is 18.4 Å². The molecule has 7 heteroatoms. The number of hydrogen-bond donors (Lipinski definition) is 3. The summed E-state index contributed by atoms with van der Waals surface area (Å²) in [4.78, 5) is 6.75. The van der Waals surface area contributed by atoms with Gasteiger partial charge in [-0.05, 0) is 101 Å². The molecule has 1 aromatic heterocycles. The van der Waals surface area contributed by atoms with Crippen LogP contribution >= 0.6 is 0 Å². The number of allylic oxidation sites excluding steroid dienone is 5. The van der Waals surface area contributed by atoms with Crippen LogP contribution in [0.5, 0.6) is 0 Å². The van der Waals surface area contributed by atoms with E-state index in [0.717, 1.165) is 23.6 Å². The van der Waals surface area contributed by atoms with Crippen molar-refractivity contribution >= 4 is 12.8 Å². The number of nitrogens with zero attached hydrogens (tertiary/aromatic N) is 3. The third-order valence-corrected chi connectivity index (χ3v) is 6.98. The Morgan fingerprint density at radius 1 is 1.18 bits per heavy atom. The molecule has 0 amide bonds. The molecule has 1 saturated heterocycles. The molecule has 6 N–H and O–H groups in total. The third kappa shape index (κ3) is 25.2. The largest absolute Gasteiger partial charge is 0.405 e. The topological polar surface area (TPSA) is 107 Å². The normalized spacial score (nSPS) is 16.4. The zero-order valence-corrected chi connectivity index (χ0v) is 29.1. The van der Waals surface area contributed by atoms with Crippen molar-refractivity contribution in [1.29, 1.82) is 0 Å². The van der Waals surface area contributed by atoms with Crippen molar-refractivity contribution in [2.24, 2.45) is 34.5 Å². The Morgan fingerprint density at radius 3 is 2.23 bits per heavy atom. The molecule has 0 bridgehead atoms. The van der Waals surface area contributed by atoms with Crippen LogP contribution in [0.3, 0.4) is 0 Å². The van der Waals surface area contributed by atoms with Gasteiger partial charge in [0.05, 0.1) is 0 Å². The summed E-state index contributed by atoms with van der Waals surface area (Å²) in [5.41, 5.74) is 9.51. The average Bonchev–Trinajstić information content (AvgIpc) is 3.47. The van der Waals surface area contributed by atoms with Gasteiger partial charge in [0.25, 0.3) is 0 Å². The number of pyridine rings is 1. The van der Waals surface area contributed by atoms with Crippen LogP contribution < -0.4 is 17.4 Å². The van der Waals surface area contributed by atoms with E-state index in [4.69, 9.17) is 0 Å². The first-order valence-corrected chi connectivity index (χ1v) is 15.8. The van der Waals surface area contributed by atoms with E-state index in [1.165, 1.54) is 87.4 Å². The summed E-state index contributed by atoms with van der Waals surface area (Å²) in [7, 11) is 0. The number of likely N-dealkylation sites (tertiary alicyclic amines) is 1. The van der Waals surface area contributed by atoms with Crippen molar-refractivity contribution in [1.82, 2.24) is 9.88 Å². The van der Waals surface area contributed by atoms with Gasteiger partial charge in [0.1, 0.15) is 0 Å². The monoisotopic (exact) mass is 615 g/mol. The van der Waals surface area contributed by atoms with Gasteiger partial charge in [-0.25, -0.2) is 0 Å². The van der Waals surface area contributed by atoms with Crippen LogP contribution in [-0.2, 0) is 0 Å². The molecular formula is C37H67FN6. The minimum Gasteiger partial charge on any atom is -0.405 e. The van der Waals surface area contributed by atoms with Crippen molar-refractivity contribution in [3.63, 3.8) is 0 Å². The molecule has 0 saturated carbocycles. The summed E-state index contributed by atoms with van der Waals surface area (Å²) < 4.78 is 9.81. The van der Waals surface area contributed by atoms with Gasteiger partial charge >= 0.3 is 0 Å². The van der Waals surface area contributed by atoms with Gasteiger partial charge in [-0.3, -0.25) is 16.7 Å². The van der Waals surface area contributed by atoms with E-state index in [9.17, 15) is 4.48 Å². The van der Waals surface area contributed by atoms with Gasteiger partial charge in [0.15, 0.2) is 0 Å². The highest BCUT2D eigenvalue weighted by Gasteiger charge is 2.22. The summed E-state index contributed by atoms with van der Waals surface area (Å²) in [5, 5.41) is 1.75. The van der Waals surface area contributed by atoms with Gasteiger partial charge in [-0.2, -0.15) is 0 Å². The molecule has 0 aromatic carbocycles. The van der Waals surface area contributed by atoms with Crippen LogP contribution in [0.4, 0.5) is 4.48 Å². The molecule has 6 nitrogen and oxygen atoms in total. The lowest BCUT2D eigenvalue weighted by Crippen LogP contribution is -2.26. The Morgan fingerprint density at radius 2 is 1.77 bits per heavy atom. The van der Waals surface area contributed by atoms with Crippen LogP contribution in [0.2, 0.25) is 0 Å². The number of nitrogens with two attached hydrogens (primary N) is 3. The number of hydrazine groups is 1. The first-order valence-electron chi connectivity index (χ1n) is 15.8. The van der Waals surface area contributed by atoms with Crippen LogP contribution in [-0.4, -0.2) is 29.2 Å². The standard InChI is InChI=1S/C19H33N.C11H13N.C2H5N.C2H6.C2H4.CH2FN.H4N2/c1-16(9-7-13-19-11-5-4-6-12-19)15-18(3)20-14-8-10-17(20)2;1-4-5-6-11-9(2)7-8-12-10(11)3;1-2-3;2*1-2;1-3-2;1-2/h5,11,16-17,19H,3-4,6-10,12-15H2,1-2H3;4-8H,1H2,2-3H3;2H,1,3H2;1-2H3;1-2H2;1H2;1-2H2/b;6-5-;;;;;. The first kappa shape index (κ1) is 47.6. The van der Waals surface area contributed by atoms with Crippen molar-refractivity contribution in [3.05, 3.63) is 98.2 Å². The molecule has 0 radical (unpaired) electrons. The van der Waals surface area contributed by atoms with Crippen molar-refractivity contribution in [2.75, 3.05) is 6.54 Å². The Balaban J connectivity index is -0.000000284. The molecule has 3 atom stereocenters. The predicted molar refractivity (Wildman–Crippen MR) is 198 cm³/mol. The zero-order chi connectivity index (χ0) is 34.8. The van der Waals surface area contributed by atoms with Crippen LogP contribution in [0.25, 0.3) is 6.08 Å². The summed E-state index contributed by atoms with van der Waals surface area (Å²) in [5.74, 6) is 9.67. The molecule has 1 aliphatic heterocycles. The van der Waals surface area contributed by atoms with Crippen molar-refractivity contribution in [2.45, 2.75) is 105 Å². The van der Waals surface area contributed by atoms with Crippen LogP contribution in [0, 0.1) is 25.7 Å². The van der Waals surface area contributed by atoms with E-state index in [-0.39, 0.29) is 0 Å². The molecular weight excluding hydrogens is 547 g/mol. The SMILES string of the molecule is C=C.C=C(CC(C)CCCC1C=CCCC1)N1CCCC1C.C=C/C=C\c1c(C)ccnc1C.C=CN.C=NF.CC.NN. The molecule has 3 rings (SSSR count). The summed E-state index contributed by atoms with van der Waals surface area (Å²) >= 11 is 0. The van der Waals surface area contributed by atoms with Gasteiger partial charge in [-0.1, -0.05) is 88.2 Å². The first-order chi connectivity index (χ1) is 21.2. The van der Waals surface area contributed by atoms with E-state index in [2.05, 4.69) is 99.8 Å². The third-order valence-electron chi connectivity index (χ3n) is 6.98. The maximum atomic E-state index is 9.81. The molecule has 1 fully saturated rings. The predicted octanol–water partition coefficient (Wildman–Crippen LogP) is 9.74. The average molecular weight is 615 g/mol. The highest BCUT2D eigenvalue weighted by atomic mass is 19.2. The molecule has 252 valence electrons. The van der Waals surface area contributed by atoms with Gasteiger partial charge in [0.2, 0.25) is 0 Å². The molecule has 3 unspecified atom stereocenters. The smallest absolute Gasteiger partial charge is 0.0447 e. The zero-order valence-electron chi connectivity index (χ0n) is 29.1. The lowest BCUT2D eigenvalue weighted by molar-refractivity contribution is 0.309. The number of halogens is 1. The van der Waals surface area contributed by atoms with E-state index < -0.39 is 0 Å². The van der Waals surface area contributed by atoms with Crippen LogP contribution in [0.15, 0.2) is 86.6 Å². The Hall–Kier alpha value is -3.29.